The average Bonchev–Trinajstić information content (AvgIpc) is 2.29. The smallest absolute Gasteiger partial charge is 0.252 e. The zero-order valence-corrected chi connectivity index (χ0v) is 13.8. The van der Waals surface area contributed by atoms with Gasteiger partial charge >= 0.3 is 0 Å². The molecule has 0 aromatic heterocycles. The third kappa shape index (κ3) is 4.52. The molecule has 7 heteroatoms. The second-order valence-electron chi connectivity index (χ2n) is 5.73. The lowest BCUT2D eigenvalue weighted by Gasteiger charge is -2.26. The Bertz CT molecular complexity index is 651. The lowest BCUT2D eigenvalue weighted by atomic mass is 10.0. The van der Waals surface area contributed by atoms with Crippen molar-refractivity contribution < 1.29 is 17.9 Å². The van der Waals surface area contributed by atoms with Gasteiger partial charge in [0, 0.05) is 12.7 Å². The van der Waals surface area contributed by atoms with Crippen LogP contribution in [0.5, 0.6) is 0 Å². The summed E-state index contributed by atoms with van der Waals surface area (Å²) in [5, 5.41) is 7.96. The molecule has 6 nitrogen and oxygen atoms in total. The Kier molecular flexibility index (Phi) is 5.14. The van der Waals surface area contributed by atoms with E-state index in [4.69, 9.17) is 9.88 Å². The fourth-order valence-corrected chi connectivity index (χ4v) is 2.62. The molecule has 3 N–H and O–H groups in total. The van der Waals surface area contributed by atoms with E-state index in [0.717, 1.165) is 0 Å². The van der Waals surface area contributed by atoms with E-state index in [0.29, 0.717) is 23.3 Å². The van der Waals surface area contributed by atoms with Crippen molar-refractivity contribution in [1.29, 1.82) is 0 Å². The summed E-state index contributed by atoms with van der Waals surface area (Å²) in [5.41, 5.74) is 1.14. The summed E-state index contributed by atoms with van der Waals surface area (Å²) >= 11 is 0. The summed E-state index contributed by atoms with van der Waals surface area (Å²) in [6.07, 6.45) is 0. The molecule has 21 heavy (non-hydrogen) atoms. The zero-order chi connectivity index (χ0) is 16.4. The highest BCUT2D eigenvalue weighted by Crippen LogP contribution is 2.20. The number of ether oxygens (including phenoxy) is 1. The van der Waals surface area contributed by atoms with Crippen molar-refractivity contribution in [1.82, 2.24) is 5.32 Å². The van der Waals surface area contributed by atoms with Crippen LogP contribution in [0.2, 0.25) is 0 Å². The molecule has 0 spiro atoms. The van der Waals surface area contributed by atoms with Gasteiger partial charge in [-0.3, -0.25) is 4.79 Å². The van der Waals surface area contributed by atoms with Crippen LogP contribution in [0.3, 0.4) is 0 Å². The van der Waals surface area contributed by atoms with E-state index >= 15 is 0 Å². The fourth-order valence-electron chi connectivity index (χ4n) is 2.00. The fraction of sp³-hybridized carbons (Fsp3) is 0.500. The number of primary sulfonamides is 1. The van der Waals surface area contributed by atoms with Crippen LogP contribution in [0.1, 0.15) is 35.3 Å². The van der Waals surface area contributed by atoms with E-state index in [-0.39, 0.29) is 10.8 Å². The number of amides is 1. The van der Waals surface area contributed by atoms with Crippen LogP contribution >= 0.6 is 0 Å². The van der Waals surface area contributed by atoms with Crippen LogP contribution < -0.4 is 10.5 Å². The molecule has 0 saturated carbocycles. The highest BCUT2D eigenvalue weighted by Gasteiger charge is 2.23. The third-order valence-electron chi connectivity index (χ3n) is 3.17. The maximum absolute atomic E-state index is 12.4. The molecular formula is C14H22N2O4S. The number of methoxy groups -OCH3 is 1. The van der Waals surface area contributed by atoms with Gasteiger partial charge in [-0.05, 0) is 51.0 Å². The number of sulfonamides is 1. The SMILES string of the molecule is COCC(C)(C)NC(=O)c1cc(S(N)(=O)=O)cc(C)c1C. The van der Waals surface area contributed by atoms with Gasteiger partial charge in [-0.25, -0.2) is 13.6 Å². The maximum Gasteiger partial charge on any atom is 0.252 e. The van der Waals surface area contributed by atoms with Gasteiger partial charge in [0.15, 0.2) is 0 Å². The normalized spacial score (nSPS) is 12.3. The minimum atomic E-state index is -3.86. The molecule has 1 aromatic carbocycles. The molecule has 0 bridgehead atoms. The topological polar surface area (TPSA) is 98.5 Å². The molecule has 0 aliphatic heterocycles. The Morgan fingerprint density at radius 1 is 1.33 bits per heavy atom. The number of aryl methyl sites for hydroxylation is 1. The molecule has 118 valence electrons. The summed E-state index contributed by atoms with van der Waals surface area (Å²) in [4.78, 5) is 12.3. The van der Waals surface area contributed by atoms with Crippen molar-refractivity contribution in [3.05, 3.63) is 28.8 Å². The lowest BCUT2D eigenvalue weighted by Crippen LogP contribution is -2.47. The molecule has 0 heterocycles. The standard InChI is InChI=1S/C14H22N2O4S/c1-9-6-11(21(15,18)19)7-12(10(9)2)13(17)16-14(3,4)8-20-5/h6-7H,8H2,1-5H3,(H,16,17)(H2,15,18,19). The van der Waals surface area contributed by atoms with Gasteiger partial charge in [-0.2, -0.15) is 0 Å². The summed E-state index contributed by atoms with van der Waals surface area (Å²) in [6.45, 7) is 7.48. The minimum absolute atomic E-state index is 0.0692. The van der Waals surface area contributed by atoms with Crippen LogP contribution in [0.4, 0.5) is 0 Å². The second kappa shape index (κ2) is 6.13. The van der Waals surface area contributed by atoms with Gasteiger partial charge < -0.3 is 10.1 Å². The van der Waals surface area contributed by atoms with E-state index in [1.165, 1.54) is 12.1 Å². The van der Waals surface area contributed by atoms with Crippen molar-refractivity contribution in [3.8, 4) is 0 Å². The van der Waals surface area contributed by atoms with Crippen molar-refractivity contribution in [3.63, 3.8) is 0 Å². The lowest BCUT2D eigenvalue weighted by molar-refractivity contribution is 0.0819. The summed E-state index contributed by atoms with van der Waals surface area (Å²) < 4.78 is 28.0. The largest absolute Gasteiger partial charge is 0.382 e. The number of rotatable bonds is 5. The number of carbonyl (C=O) groups is 1. The number of nitrogens with two attached hydrogens (primary N) is 1. The predicted molar refractivity (Wildman–Crippen MR) is 80.7 cm³/mol. The first kappa shape index (κ1) is 17.6. The van der Waals surface area contributed by atoms with Crippen LogP contribution in [0.25, 0.3) is 0 Å². The summed E-state index contributed by atoms with van der Waals surface area (Å²) in [7, 11) is -2.31. The van der Waals surface area contributed by atoms with Crippen molar-refractivity contribution >= 4 is 15.9 Å². The molecule has 0 radical (unpaired) electrons. The van der Waals surface area contributed by atoms with Gasteiger partial charge in [0.1, 0.15) is 0 Å². The molecule has 1 aromatic rings. The Morgan fingerprint density at radius 3 is 2.38 bits per heavy atom. The van der Waals surface area contributed by atoms with Crippen LogP contribution in [-0.2, 0) is 14.8 Å². The van der Waals surface area contributed by atoms with E-state index in [9.17, 15) is 13.2 Å². The molecule has 1 rings (SSSR count). The van der Waals surface area contributed by atoms with Gasteiger partial charge in [-0.15, -0.1) is 0 Å². The average molecular weight is 314 g/mol. The van der Waals surface area contributed by atoms with Gasteiger partial charge in [0.05, 0.1) is 17.0 Å². The van der Waals surface area contributed by atoms with E-state index in [1.54, 1.807) is 21.0 Å². The molecule has 0 atom stereocenters. The quantitative estimate of drug-likeness (QED) is 0.850. The van der Waals surface area contributed by atoms with Gasteiger partial charge in [0.2, 0.25) is 10.0 Å². The van der Waals surface area contributed by atoms with Gasteiger partial charge in [0.25, 0.3) is 5.91 Å². The highest BCUT2D eigenvalue weighted by atomic mass is 32.2. The number of nitrogens with one attached hydrogen (secondary N) is 1. The van der Waals surface area contributed by atoms with Crippen LogP contribution in [-0.4, -0.2) is 33.6 Å². The first-order chi connectivity index (χ1) is 9.48. The van der Waals surface area contributed by atoms with Crippen molar-refractivity contribution in [2.75, 3.05) is 13.7 Å². The van der Waals surface area contributed by atoms with Crippen molar-refractivity contribution in [2.24, 2.45) is 5.14 Å². The molecule has 0 fully saturated rings. The molecule has 0 aliphatic carbocycles. The molecule has 1 amide bonds. The van der Waals surface area contributed by atoms with E-state index < -0.39 is 15.6 Å². The number of benzene rings is 1. The first-order valence-electron chi connectivity index (χ1n) is 6.43. The van der Waals surface area contributed by atoms with Crippen LogP contribution in [0.15, 0.2) is 17.0 Å². The monoisotopic (exact) mass is 314 g/mol. The first-order valence-corrected chi connectivity index (χ1v) is 7.98. The van der Waals surface area contributed by atoms with Gasteiger partial charge in [-0.1, -0.05) is 0 Å². The summed E-state index contributed by atoms with van der Waals surface area (Å²) in [5.74, 6) is -0.358. The van der Waals surface area contributed by atoms with Crippen molar-refractivity contribution in [2.45, 2.75) is 38.1 Å². The Hall–Kier alpha value is -1.44. The zero-order valence-electron chi connectivity index (χ0n) is 13.0. The molecule has 0 saturated heterocycles. The van der Waals surface area contributed by atoms with E-state index in [2.05, 4.69) is 5.32 Å². The number of hydrogen-bond acceptors (Lipinski definition) is 4. The Balaban J connectivity index is 3.24. The van der Waals surface area contributed by atoms with Crippen LogP contribution in [0, 0.1) is 13.8 Å². The number of hydrogen-bond donors (Lipinski definition) is 2. The Labute approximate surface area is 125 Å². The maximum atomic E-state index is 12.4. The minimum Gasteiger partial charge on any atom is -0.382 e. The van der Waals surface area contributed by atoms with E-state index in [1.807, 2.05) is 13.8 Å². The number of carbonyl (C=O) groups excluding carboxylic acids is 1. The predicted octanol–water partition coefficient (Wildman–Crippen LogP) is 1.11. The Morgan fingerprint density at radius 2 is 1.90 bits per heavy atom. The molecule has 0 aliphatic rings. The third-order valence-corrected chi connectivity index (χ3v) is 4.06. The molecular weight excluding hydrogens is 292 g/mol. The second-order valence-corrected chi connectivity index (χ2v) is 7.29. The summed E-state index contributed by atoms with van der Waals surface area (Å²) in [6, 6.07) is 2.76. The molecule has 0 unspecified atom stereocenters. The highest BCUT2D eigenvalue weighted by molar-refractivity contribution is 7.89.